The van der Waals surface area contributed by atoms with Gasteiger partial charge >= 0.3 is 0 Å². The van der Waals surface area contributed by atoms with Gasteiger partial charge in [-0.1, -0.05) is 87.5 Å². The molecule has 0 nitrogen and oxygen atoms in total. The van der Waals surface area contributed by atoms with Crippen LogP contribution in [0.5, 0.6) is 0 Å². The maximum Gasteiger partial charge on any atom is 0.165 e. The third-order valence-corrected chi connectivity index (χ3v) is 12.7. The molecule has 118 valence electrons. The van der Waals surface area contributed by atoms with Crippen molar-refractivity contribution in [2.45, 2.75) is 25.8 Å². The zero-order valence-corrected chi connectivity index (χ0v) is 17.1. The molecule has 0 aliphatic rings. The summed E-state index contributed by atoms with van der Waals surface area (Å²) in [5.74, 6) is 0. The Labute approximate surface area is 152 Å². The van der Waals surface area contributed by atoms with Gasteiger partial charge in [-0.2, -0.15) is 0 Å². The first kappa shape index (κ1) is 16.7. The molecule has 0 radical (unpaired) electrons. The van der Waals surface area contributed by atoms with Crippen molar-refractivity contribution in [3.8, 4) is 0 Å². The summed E-state index contributed by atoms with van der Waals surface area (Å²) in [7, 11) is -2.12. The standard InChI is InChI=1S/C20H21BrSSi/c1-20(2,3)23(16-10-6-4-7-11-16,17-12-8-5-9-13-17)19-15-14-18(21)22-19/h4-15H,1-3H3. The number of hydrogen-bond acceptors (Lipinski definition) is 1. The van der Waals surface area contributed by atoms with Crippen molar-refractivity contribution in [1.82, 2.24) is 0 Å². The summed E-state index contributed by atoms with van der Waals surface area (Å²) in [6.07, 6.45) is 0. The van der Waals surface area contributed by atoms with E-state index in [4.69, 9.17) is 0 Å². The summed E-state index contributed by atoms with van der Waals surface area (Å²) >= 11 is 5.57. The zero-order chi connectivity index (χ0) is 16.5. The Balaban J connectivity index is 2.40. The van der Waals surface area contributed by atoms with Crippen LogP contribution >= 0.6 is 27.3 Å². The van der Waals surface area contributed by atoms with Gasteiger partial charge in [-0.3, -0.25) is 0 Å². The lowest BCUT2D eigenvalue weighted by Crippen LogP contribution is -2.71. The number of rotatable bonds is 3. The number of thiophene rings is 1. The summed E-state index contributed by atoms with van der Waals surface area (Å²) in [5, 5.41) is 3.13. The van der Waals surface area contributed by atoms with E-state index in [9.17, 15) is 0 Å². The highest BCUT2D eigenvalue weighted by atomic mass is 79.9. The lowest BCUT2D eigenvalue weighted by atomic mass is 10.2. The number of hydrogen-bond donors (Lipinski definition) is 0. The van der Waals surface area contributed by atoms with Crippen molar-refractivity contribution in [3.63, 3.8) is 0 Å². The summed E-state index contributed by atoms with van der Waals surface area (Å²) in [6.45, 7) is 7.19. The van der Waals surface area contributed by atoms with E-state index in [1.54, 1.807) is 0 Å². The second-order valence-electron chi connectivity index (χ2n) is 6.84. The molecule has 0 aliphatic carbocycles. The predicted molar refractivity (Wildman–Crippen MR) is 109 cm³/mol. The average Bonchev–Trinajstić information content (AvgIpc) is 2.95. The lowest BCUT2D eigenvalue weighted by Gasteiger charge is -2.43. The molecule has 0 atom stereocenters. The Morgan fingerprint density at radius 2 is 1.22 bits per heavy atom. The first-order valence-corrected chi connectivity index (χ1v) is 11.4. The van der Waals surface area contributed by atoms with E-state index in [2.05, 4.69) is 109 Å². The minimum absolute atomic E-state index is 0.167. The van der Waals surface area contributed by atoms with Crippen molar-refractivity contribution >= 4 is 50.2 Å². The Morgan fingerprint density at radius 1 is 0.739 bits per heavy atom. The quantitative estimate of drug-likeness (QED) is 0.554. The Hall–Kier alpha value is -1.16. The molecule has 3 heteroatoms. The minimum Gasteiger partial charge on any atom is -0.137 e. The van der Waals surface area contributed by atoms with Gasteiger partial charge in [-0.15, -0.1) is 11.3 Å². The van der Waals surface area contributed by atoms with Crippen molar-refractivity contribution in [1.29, 1.82) is 0 Å². The Bertz CT molecular complexity index is 733. The van der Waals surface area contributed by atoms with Crippen LogP contribution in [0.1, 0.15) is 20.8 Å². The van der Waals surface area contributed by atoms with E-state index in [0.717, 1.165) is 0 Å². The van der Waals surface area contributed by atoms with Crippen LogP contribution < -0.4 is 14.9 Å². The molecule has 0 saturated heterocycles. The minimum atomic E-state index is -2.12. The van der Waals surface area contributed by atoms with Gasteiger partial charge < -0.3 is 0 Å². The summed E-state index contributed by atoms with van der Waals surface area (Å²) in [4.78, 5) is 0. The SMILES string of the molecule is CC(C)(C)[Si](c1ccccc1)(c1ccccc1)c1ccc(Br)s1. The summed E-state index contributed by atoms with van der Waals surface area (Å²) in [6, 6.07) is 26.7. The molecule has 0 unspecified atom stereocenters. The Morgan fingerprint density at radius 3 is 1.57 bits per heavy atom. The zero-order valence-electron chi connectivity index (χ0n) is 13.7. The molecule has 0 saturated carbocycles. The van der Waals surface area contributed by atoms with Crippen LogP contribution in [0.15, 0.2) is 76.6 Å². The highest BCUT2D eigenvalue weighted by Crippen LogP contribution is 2.37. The molecule has 0 spiro atoms. The van der Waals surface area contributed by atoms with Gasteiger partial charge in [0.05, 0.1) is 3.79 Å². The van der Waals surface area contributed by atoms with Crippen LogP contribution in [-0.4, -0.2) is 8.07 Å². The van der Waals surface area contributed by atoms with Crippen molar-refractivity contribution in [2.24, 2.45) is 0 Å². The van der Waals surface area contributed by atoms with E-state index in [1.165, 1.54) is 18.7 Å². The van der Waals surface area contributed by atoms with Crippen LogP contribution in [0.3, 0.4) is 0 Å². The van der Waals surface area contributed by atoms with Crippen molar-refractivity contribution in [2.75, 3.05) is 0 Å². The molecule has 0 N–H and O–H groups in total. The molecule has 0 bridgehead atoms. The molecular formula is C20H21BrSSi. The van der Waals surface area contributed by atoms with Crippen LogP contribution in [0.4, 0.5) is 0 Å². The molecule has 3 aromatic rings. The molecular weight excluding hydrogens is 380 g/mol. The molecule has 1 heterocycles. The fourth-order valence-electron chi connectivity index (χ4n) is 3.58. The fourth-order valence-corrected chi connectivity index (χ4v) is 12.8. The highest BCUT2D eigenvalue weighted by molar-refractivity contribution is 9.11. The van der Waals surface area contributed by atoms with Gasteiger partial charge in [0, 0.05) is 4.50 Å². The van der Waals surface area contributed by atoms with Gasteiger partial charge in [-0.25, -0.2) is 0 Å². The average molecular weight is 401 g/mol. The first-order chi connectivity index (χ1) is 11.0. The van der Waals surface area contributed by atoms with Gasteiger partial charge in [0.25, 0.3) is 0 Å². The third kappa shape index (κ3) is 2.86. The molecule has 1 aromatic heterocycles. The van der Waals surface area contributed by atoms with Gasteiger partial charge in [0.2, 0.25) is 0 Å². The molecule has 2 aromatic carbocycles. The van der Waals surface area contributed by atoms with Crippen LogP contribution in [0.2, 0.25) is 5.04 Å². The highest BCUT2D eigenvalue weighted by Gasteiger charge is 2.50. The monoisotopic (exact) mass is 400 g/mol. The largest absolute Gasteiger partial charge is 0.165 e. The van der Waals surface area contributed by atoms with E-state index >= 15 is 0 Å². The molecule has 0 fully saturated rings. The molecule has 23 heavy (non-hydrogen) atoms. The van der Waals surface area contributed by atoms with E-state index in [-0.39, 0.29) is 5.04 Å². The van der Waals surface area contributed by atoms with Gasteiger partial charge in [-0.05, 0) is 37.4 Å². The van der Waals surface area contributed by atoms with Crippen LogP contribution in [-0.2, 0) is 0 Å². The Kier molecular flexibility index (Phi) is 4.63. The second-order valence-corrected chi connectivity index (χ2v) is 14.4. The number of halogens is 1. The second kappa shape index (κ2) is 6.38. The van der Waals surface area contributed by atoms with Gasteiger partial charge in [0.1, 0.15) is 0 Å². The normalized spacial score (nSPS) is 12.3. The van der Waals surface area contributed by atoms with Crippen molar-refractivity contribution in [3.05, 3.63) is 76.6 Å². The first-order valence-electron chi connectivity index (χ1n) is 7.83. The maximum absolute atomic E-state index is 3.68. The van der Waals surface area contributed by atoms with Crippen molar-refractivity contribution < 1.29 is 0 Å². The van der Waals surface area contributed by atoms with Crippen LogP contribution in [0.25, 0.3) is 0 Å². The molecule has 0 aliphatic heterocycles. The topological polar surface area (TPSA) is 0 Å². The maximum atomic E-state index is 3.68. The fraction of sp³-hybridized carbons (Fsp3) is 0.200. The van der Waals surface area contributed by atoms with E-state index < -0.39 is 8.07 Å². The van der Waals surface area contributed by atoms with E-state index in [1.807, 2.05) is 11.3 Å². The van der Waals surface area contributed by atoms with E-state index in [0.29, 0.717) is 0 Å². The smallest absolute Gasteiger partial charge is 0.137 e. The summed E-state index contributed by atoms with van der Waals surface area (Å²) in [5.41, 5.74) is 0. The lowest BCUT2D eigenvalue weighted by molar-refractivity contribution is 0.740. The predicted octanol–water partition coefficient (Wildman–Crippen LogP) is 4.78. The summed E-state index contributed by atoms with van der Waals surface area (Å²) < 4.78 is 2.72. The van der Waals surface area contributed by atoms with Gasteiger partial charge in [0.15, 0.2) is 8.07 Å². The van der Waals surface area contributed by atoms with Crippen LogP contribution in [0, 0.1) is 0 Å². The molecule has 0 amide bonds. The number of benzene rings is 2. The molecule has 3 rings (SSSR count). The third-order valence-electron chi connectivity index (χ3n) is 4.48.